The fourth-order valence-corrected chi connectivity index (χ4v) is 3.86. The molecule has 0 aliphatic carbocycles. The van der Waals surface area contributed by atoms with E-state index in [9.17, 15) is 22.8 Å². The van der Waals surface area contributed by atoms with Crippen molar-refractivity contribution in [3.63, 3.8) is 0 Å². The van der Waals surface area contributed by atoms with Crippen LogP contribution >= 0.6 is 0 Å². The van der Waals surface area contributed by atoms with Gasteiger partial charge < -0.3 is 20.1 Å². The molecule has 2 aromatic rings. The Morgan fingerprint density at radius 1 is 1.22 bits per heavy atom. The highest BCUT2D eigenvalue weighted by molar-refractivity contribution is 5.95. The first-order chi connectivity index (χ1) is 17.0. The van der Waals surface area contributed by atoms with Crippen molar-refractivity contribution in [2.24, 2.45) is 5.92 Å². The monoisotopic (exact) mass is 504 g/mol. The van der Waals surface area contributed by atoms with Gasteiger partial charge in [0.1, 0.15) is 5.60 Å². The molecule has 36 heavy (non-hydrogen) atoms. The van der Waals surface area contributed by atoms with E-state index < -0.39 is 12.1 Å². The van der Waals surface area contributed by atoms with Gasteiger partial charge in [0.15, 0.2) is 0 Å². The van der Waals surface area contributed by atoms with E-state index in [0.717, 1.165) is 12.8 Å². The molecule has 12 heteroatoms. The second-order valence-electron chi connectivity index (χ2n) is 8.51. The molecule has 2 aliphatic rings. The molecule has 190 valence electrons. The van der Waals surface area contributed by atoms with Crippen LogP contribution in [0.25, 0.3) is 0 Å². The second kappa shape index (κ2) is 11.2. The number of halogens is 3. The number of rotatable bonds is 4. The summed E-state index contributed by atoms with van der Waals surface area (Å²) in [6.07, 6.45) is -0.0895. The van der Waals surface area contributed by atoms with Gasteiger partial charge in [0, 0.05) is 24.5 Å². The number of benzene rings is 1. The van der Waals surface area contributed by atoms with Crippen LogP contribution in [0.4, 0.5) is 13.2 Å². The minimum absolute atomic E-state index is 0.0674. The van der Waals surface area contributed by atoms with Gasteiger partial charge in [-0.1, -0.05) is 6.07 Å². The smallest absolute Gasteiger partial charge is 0.475 e. The number of nitrogens with one attached hydrogen (secondary N) is 1. The maximum absolute atomic E-state index is 12.6. The first-order valence-electron chi connectivity index (χ1n) is 10.9. The van der Waals surface area contributed by atoms with E-state index in [1.54, 1.807) is 53.7 Å². The molecular formula is C24H23F3N4O5. The summed E-state index contributed by atoms with van der Waals surface area (Å²) in [4.78, 5) is 39.3. The van der Waals surface area contributed by atoms with Gasteiger partial charge in [-0.3, -0.25) is 14.6 Å². The van der Waals surface area contributed by atoms with E-state index in [1.807, 2.05) is 0 Å². The first-order valence-corrected chi connectivity index (χ1v) is 10.9. The number of carbonyl (C=O) groups is 3. The molecule has 1 unspecified atom stereocenters. The van der Waals surface area contributed by atoms with Crippen LogP contribution in [0.5, 0.6) is 0 Å². The van der Waals surface area contributed by atoms with Gasteiger partial charge in [0.25, 0.3) is 11.8 Å². The van der Waals surface area contributed by atoms with Gasteiger partial charge in [-0.25, -0.2) is 4.79 Å². The lowest BCUT2D eigenvalue weighted by atomic mass is 9.82. The second-order valence-corrected chi connectivity index (χ2v) is 8.51. The van der Waals surface area contributed by atoms with E-state index >= 15 is 0 Å². The van der Waals surface area contributed by atoms with Crippen LogP contribution in [0.3, 0.4) is 0 Å². The molecule has 1 spiro atoms. The molecular weight excluding hydrogens is 481 g/mol. The summed E-state index contributed by atoms with van der Waals surface area (Å²) >= 11 is 0. The number of nitrogens with zero attached hydrogens (tertiary/aromatic N) is 3. The number of hydrogen-bond acceptors (Lipinski definition) is 6. The summed E-state index contributed by atoms with van der Waals surface area (Å²) in [7, 11) is 0. The highest BCUT2D eigenvalue weighted by Gasteiger charge is 2.48. The van der Waals surface area contributed by atoms with E-state index in [-0.39, 0.29) is 23.3 Å². The van der Waals surface area contributed by atoms with Crippen molar-refractivity contribution in [2.45, 2.75) is 24.6 Å². The predicted octanol–water partition coefficient (Wildman–Crippen LogP) is 2.64. The number of aromatic nitrogens is 1. The quantitative estimate of drug-likeness (QED) is 0.654. The lowest BCUT2D eigenvalue weighted by Crippen LogP contribution is -2.66. The zero-order valence-corrected chi connectivity index (χ0v) is 19.0. The molecule has 9 nitrogen and oxygen atoms in total. The van der Waals surface area contributed by atoms with E-state index in [1.165, 1.54) is 0 Å². The zero-order chi connectivity index (χ0) is 26.3. The van der Waals surface area contributed by atoms with Crippen LogP contribution in [0.1, 0.15) is 39.1 Å². The Kier molecular flexibility index (Phi) is 8.26. The Morgan fingerprint density at radius 3 is 2.47 bits per heavy atom. The topological polar surface area (TPSA) is 133 Å². The summed E-state index contributed by atoms with van der Waals surface area (Å²) in [5, 5.41) is 19.1. The SMILES string of the molecule is N#Cc1cccc(C(=O)N2CC3(CCC(CNC(=O)c4cccnc4)CO3)C2)c1.O=C(O)C(F)(F)F. The number of alkyl halides is 3. The predicted molar refractivity (Wildman–Crippen MR) is 119 cm³/mol. The molecule has 2 amide bonds. The Bertz CT molecular complexity index is 1130. The van der Waals surface area contributed by atoms with Crippen molar-refractivity contribution in [3.05, 3.63) is 65.5 Å². The number of carboxylic acids is 1. The summed E-state index contributed by atoms with van der Waals surface area (Å²) < 4.78 is 37.8. The highest BCUT2D eigenvalue weighted by atomic mass is 19.4. The van der Waals surface area contributed by atoms with Gasteiger partial charge in [0.2, 0.25) is 0 Å². The number of hydrogen-bond donors (Lipinski definition) is 2. The number of aliphatic carboxylic acids is 1. The molecule has 2 aliphatic heterocycles. The number of ether oxygens (including phenoxy) is 1. The minimum Gasteiger partial charge on any atom is -0.475 e. The fraction of sp³-hybridized carbons (Fsp3) is 0.375. The third-order valence-corrected chi connectivity index (χ3v) is 5.83. The van der Waals surface area contributed by atoms with Crippen LogP contribution in [0.15, 0.2) is 48.8 Å². The number of amides is 2. The average molecular weight is 504 g/mol. The lowest BCUT2D eigenvalue weighted by molar-refractivity contribution is -0.192. The Labute approximate surface area is 204 Å². The number of pyridine rings is 1. The molecule has 0 saturated carbocycles. The van der Waals surface area contributed by atoms with Crippen LogP contribution in [0, 0.1) is 17.2 Å². The summed E-state index contributed by atoms with van der Waals surface area (Å²) in [5.41, 5.74) is 1.29. The van der Waals surface area contributed by atoms with Crippen LogP contribution in [-0.4, -0.2) is 70.8 Å². The van der Waals surface area contributed by atoms with Gasteiger partial charge in [-0.15, -0.1) is 0 Å². The van der Waals surface area contributed by atoms with Gasteiger partial charge >= 0.3 is 12.1 Å². The van der Waals surface area contributed by atoms with Crippen LogP contribution < -0.4 is 5.32 Å². The van der Waals surface area contributed by atoms with Crippen LogP contribution in [0.2, 0.25) is 0 Å². The van der Waals surface area contributed by atoms with Crippen molar-refractivity contribution in [1.29, 1.82) is 5.26 Å². The lowest BCUT2D eigenvalue weighted by Gasteiger charge is -2.52. The largest absolute Gasteiger partial charge is 0.490 e. The minimum atomic E-state index is -5.08. The van der Waals surface area contributed by atoms with E-state index in [2.05, 4.69) is 16.4 Å². The van der Waals surface area contributed by atoms with Crippen LogP contribution in [-0.2, 0) is 9.53 Å². The Morgan fingerprint density at radius 2 is 1.92 bits per heavy atom. The molecule has 1 atom stereocenters. The number of carbonyl (C=O) groups excluding carboxylic acids is 2. The maximum Gasteiger partial charge on any atom is 0.490 e. The van der Waals surface area contributed by atoms with Gasteiger partial charge in [-0.2, -0.15) is 18.4 Å². The number of nitriles is 1. The molecule has 1 aromatic carbocycles. The highest BCUT2D eigenvalue weighted by Crippen LogP contribution is 2.36. The van der Waals surface area contributed by atoms with Gasteiger partial charge in [-0.05, 0) is 49.1 Å². The Hall–Kier alpha value is -3.98. The average Bonchev–Trinajstić information content (AvgIpc) is 2.86. The molecule has 2 saturated heterocycles. The zero-order valence-electron chi connectivity index (χ0n) is 19.0. The molecule has 3 heterocycles. The Balaban J connectivity index is 0.000000454. The first kappa shape index (κ1) is 26.6. The van der Waals surface area contributed by atoms with E-state index in [4.69, 9.17) is 19.9 Å². The molecule has 2 N–H and O–H groups in total. The molecule has 2 fully saturated rings. The fourth-order valence-electron chi connectivity index (χ4n) is 3.86. The number of likely N-dealkylation sites (tertiary alicyclic amines) is 1. The molecule has 0 radical (unpaired) electrons. The van der Waals surface area contributed by atoms with E-state index in [0.29, 0.717) is 42.9 Å². The molecule has 4 rings (SSSR count). The maximum atomic E-state index is 12.6. The van der Waals surface area contributed by atoms with Crippen molar-refractivity contribution in [1.82, 2.24) is 15.2 Å². The summed E-state index contributed by atoms with van der Waals surface area (Å²) in [6.45, 7) is 2.27. The van der Waals surface area contributed by atoms with Crippen molar-refractivity contribution < 1.29 is 37.4 Å². The van der Waals surface area contributed by atoms with Crippen molar-refractivity contribution in [2.75, 3.05) is 26.2 Å². The summed E-state index contributed by atoms with van der Waals surface area (Å²) in [5.74, 6) is -2.69. The van der Waals surface area contributed by atoms with Crippen molar-refractivity contribution >= 4 is 17.8 Å². The van der Waals surface area contributed by atoms with Crippen molar-refractivity contribution in [3.8, 4) is 6.07 Å². The third kappa shape index (κ3) is 6.79. The summed E-state index contributed by atoms with van der Waals surface area (Å²) in [6, 6.07) is 12.3. The van der Waals surface area contributed by atoms with Gasteiger partial charge in [0.05, 0.1) is 36.9 Å². The molecule has 1 aromatic heterocycles. The normalized spacial score (nSPS) is 18.2. The third-order valence-electron chi connectivity index (χ3n) is 5.83. The number of carboxylic acid groups (broad SMARTS) is 1. The molecule has 0 bridgehead atoms. The standard InChI is InChI=1S/C22H22N4O3.C2HF3O2/c23-10-16-3-1-4-18(9-16)21(28)26-14-22(15-26)7-6-17(13-29-22)11-25-20(27)19-5-2-8-24-12-19;3-2(4,5)1(6)7/h1-5,8-9,12,17H,6-7,11,13-15H2,(H,25,27);(H,6,7).